The van der Waals surface area contributed by atoms with E-state index < -0.39 is 23.1 Å². The summed E-state index contributed by atoms with van der Waals surface area (Å²) in [5.41, 5.74) is -2.73. The Balaban J connectivity index is 1.80. The van der Waals surface area contributed by atoms with Crippen molar-refractivity contribution in [3.63, 3.8) is 0 Å². The molecular formula is C17H11F3N4O3S. The maximum Gasteiger partial charge on any atom is 0.433 e. The van der Waals surface area contributed by atoms with E-state index in [1.165, 1.54) is 24.6 Å². The van der Waals surface area contributed by atoms with Crippen molar-refractivity contribution < 1.29 is 17.6 Å². The molecule has 0 aliphatic carbocycles. The SMILES string of the molecule is Cn1c(=O)n(Cc2coc(-c3cccs3)n2)c(=O)c2ccc(C(F)(F)F)nc21. The highest BCUT2D eigenvalue weighted by Crippen LogP contribution is 2.28. The van der Waals surface area contributed by atoms with Crippen LogP contribution in [0.25, 0.3) is 21.8 Å². The van der Waals surface area contributed by atoms with Crippen molar-refractivity contribution in [3.8, 4) is 10.8 Å². The third-order valence-corrected chi connectivity index (χ3v) is 4.94. The maximum atomic E-state index is 12.9. The molecule has 4 rings (SSSR count). The van der Waals surface area contributed by atoms with Crippen molar-refractivity contribution >= 4 is 22.4 Å². The van der Waals surface area contributed by atoms with Gasteiger partial charge in [0.1, 0.15) is 17.6 Å². The third kappa shape index (κ3) is 3.03. The fourth-order valence-electron chi connectivity index (χ4n) is 2.73. The van der Waals surface area contributed by atoms with Gasteiger partial charge >= 0.3 is 11.9 Å². The Morgan fingerprint density at radius 2 is 1.96 bits per heavy atom. The van der Waals surface area contributed by atoms with Crippen LogP contribution in [0.3, 0.4) is 0 Å². The first kappa shape index (κ1) is 18.2. The molecule has 11 heteroatoms. The van der Waals surface area contributed by atoms with Crippen molar-refractivity contribution in [2.75, 3.05) is 0 Å². The van der Waals surface area contributed by atoms with Gasteiger partial charge in [-0.25, -0.2) is 14.8 Å². The molecule has 4 aromatic heterocycles. The molecule has 7 nitrogen and oxygen atoms in total. The number of halogens is 3. The lowest BCUT2D eigenvalue weighted by atomic mass is 10.2. The molecule has 0 aromatic carbocycles. The van der Waals surface area contributed by atoms with Crippen LogP contribution in [0.5, 0.6) is 0 Å². The van der Waals surface area contributed by atoms with Crippen LogP contribution in [0.4, 0.5) is 13.2 Å². The van der Waals surface area contributed by atoms with Crippen LogP contribution in [0.1, 0.15) is 11.4 Å². The molecule has 0 bridgehead atoms. The Kier molecular flexibility index (Phi) is 4.18. The van der Waals surface area contributed by atoms with Crippen LogP contribution >= 0.6 is 11.3 Å². The molecule has 0 aliphatic rings. The molecule has 28 heavy (non-hydrogen) atoms. The summed E-state index contributed by atoms with van der Waals surface area (Å²) in [6.45, 7) is -0.183. The second-order valence-corrected chi connectivity index (χ2v) is 6.87. The van der Waals surface area contributed by atoms with Crippen molar-refractivity contribution in [1.29, 1.82) is 0 Å². The summed E-state index contributed by atoms with van der Waals surface area (Å²) in [5, 5.41) is 1.75. The molecule has 0 saturated heterocycles. The van der Waals surface area contributed by atoms with Gasteiger partial charge in [0, 0.05) is 7.05 Å². The number of aromatic nitrogens is 4. The molecule has 0 radical (unpaired) electrons. The highest BCUT2D eigenvalue weighted by molar-refractivity contribution is 7.13. The molecule has 0 spiro atoms. The average molecular weight is 408 g/mol. The van der Waals surface area contributed by atoms with Crippen LogP contribution in [-0.2, 0) is 19.8 Å². The summed E-state index contributed by atoms with van der Waals surface area (Å²) in [6.07, 6.45) is -3.35. The van der Waals surface area contributed by atoms with E-state index in [4.69, 9.17) is 4.42 Å². The Morgan fingerprint density at radius 1 is 1.18 bits per heavy atom. The maximum absolute atomic E-state index is 12.9. The lowest BCUT2D eigenvalue weighted by Crippen LogP contribution is -2.39. The summed E-state index contributed by atoms with van der Waals surface area (Å²) < 4.78 is 45.8. The highest BCUT2D eigenvalue weighted by atomic mass is 32.1. The molecule has 0 unspecified atom stereocenters. The van der Waals surface area contributed by atoms with Crippen molar-refractivity contribution in [1.82, 2.24) is 19.1 Å². The first-order valence-corrected chi connectivity index (χ1v) is 8.80. The van der Waals surface area contributed by atoms with E-state index in [1.54, 1.807) is 0 Å². The summed E-state index contributed by atoms with van der Waals surface area (Å²) in [4.78, 5) is 33.7. The minimum absolute atomic E-state index is 0.0999. The minimum Gasteiger partial charge on any atom is -0.443 e. The summed E-state index contributed by atoms with van der Waals surface area (Å²) in [7, 11) is 1.26. The van der Waals surface area contributed by atoms with E-state index in [-0.39, 0.29) is 17.6 Å². The number of fused-ring (bicyclic) bond motifs is 1. The van der Waals surface area contributed by atoms with E-state index in [1.807, 2.05) is 17.5 Å². The second kappa shape index (κ2) is 6.44. The number of oxazole rings is 1. The molecule has 4 aromatic rings. The number of rotatable bonds is 3. The average Bonchev–Trinajstić information content (AvgIpc) is 3.33. The highest BCUT2D eigenvalue weighted by Gasteiger charge is 2.33. The normalized spacial score (nSPS) is 12.0. The smallest absolute Gasteiger partial charge is 0.433 e. The predicted octanol–water partition coefficient (Wildman–Crippen LogP) is 2.88. The topological polar surface area (TPSA) is 82.9 Å². The number of nitrogens with zero attached hydrogens (tertiary/aromatic N) is 4. The van der Waals surface area contributed by atoms with Crippen LogP contribution in [0, 0.1) is 0 Å². The fraction of sp³-hybridized carbons (Fsp3) is 0.176. The molecule has 0 fully saturated rings. The van der Waals surface area contributed by atoms with Gasteiger partial charge in [-0.2, -0.15) is 13.2 Å². The van der Waals surface area contributed by atoms with Crippen molar-refractivity contribution in [2.45, 2.75) is 12.7 Å². The van der Waals surface area contributed by atoms with Crippen molar-refractivity contribution in [2.24, 2.45) is 7.05 Å². The van der Waals surface area contributed by atoms with E-state index >= 15 is 0 Å². The number of thiophene rings is 1. The van der Waals surface area contributed by atoms with Crippen molar-refractivity contribution in [3.05, 3.63) is 68.1 Å². The predicted molar refractivity (Wildman–Crippen MR) is 95.2 cm³/mol. The third-order valence-electron chi connectivity index (χ3n) is 4.08. The van der Waals surface area contributed by atoms with Crippen LogP contribution in [-0.4, -0.2) is 19.1 Å². The largest absolute Gasteiger partial charge is 0.443 e. The quantitative estimate of drug-likeness (QED) is 0.521. The van der Waals surface area contributed by atoms with Gasteiger partial charge in [0.15, 0.2) is 0 Å². The van der Waals surface area contributed by atoms with Gasteiger partial charge in [0.25, 0.3) is 5.56 Å². The fourth-order valence-corrected chi connectivity index (χ4v) is 3.38. The van der Waals surface area contributed by atoms with Gasteiger partial charge < -0.3 is 4.42 Å². The zero-order valence-corrected chi connectivity index (χ0v) is 15.0. The Labute approximate surface area is 158 Å². The monoisotopic (exact) mass is 408 g/mol. The van der Waals surface area contributed by atoms with E-state index in [2.05, 4.69) is 9.97 Å². The Hall–Kier alpha value is -3.21. The minimum atomic E-state index is -4.68. The van der Waals surface area contributed by atoms with Gasteiger partial charge in [0.05, 0.1) is 22.5 Å². The van der Waals surface area contributed by atoms with Gasteiger partial charge in [-0.05, 0) is 23.6 Å². The number of pyridine rings is 1. The lowest BCUT2D eigenvalue weighted by molar-refractivity contribution is -0.141. The first-order valence-electron chi connectivity index (χ1n) is 7.92. The number of alkyl halides is 3. The molecule has 0 saturated carbocycles. The van der Waals surface area contributed by atoms with Crippen LogP contribution in [0.15, 0.2) is 49.9 Å². The van der Waals surface area contributed by atoms with Crippen LogP contribution in [0.2, 0.25) is 0 Å². The first-order chi connectivity index (χ1) is 13.3. The Morgan fingerprint density at radius 3 is 2.64 bits per heavy atom. The molecular weight excluding hydrogens is 397 g/mol. The van der Waals surface area contributed by atoms with E-state index in [9.17, 15) is 22.8 Å². The summed E-state index contributed by atoms with van der Waals surface area (Å²) in [5.74, 6) is 0.354. The number of hydrogen-bond acceptors (Lipinski definition) is 6. The van der Waals surface area contributed by atoms with E-state index in [0.717, 1.165) is 20.1 Å². The van der Waals surface area contributed by atoms with Gasteiger partial charge in [0.2, 0.25) is 5.89 Å². The Bertz CT molecular complexity index is 1290. The van der Waals surface area contributed by atoms with E-state index in [0.29, 0.717) is 17.7 Å². The second-order valence-electron chi connectivity index (χ2n) is 5.92. The molecule has 0 aliphatic heterocycles. The summed E-state index contributed by atoms with van der Waals surface area (Å²) >= 11 is 1.42. The molecule has 144 valence electrons. The zero-order chi connectivity index (χ0) is 20.1. The van der Waals surface area contributed by atoms with Gasteiger partial charge in [-0.3, -0.25) is 13.9 Å². The molecule has 4 heterocycles. The number of hydrogen-bond donors (Lipinski definition) is 0. The molecule has 0 N–H and O–H groups in total. The van der Waals surface area contributed by atoms with Crippen LogP contribution < -0.4 is 11.2 Å². The molecule has 0 amide bonds. The standard InChI is InChI=1S/C17H11F3N4O3S/c1-23-13-10(4-5-12(22-13)17(18,19)20)15(25)24(16(23)26)7-9-8-27-14(21-9)11-3-2-6-28-11/h2-6,8H,7H2,1H3. The van der Waals surface area contributed by atoms with Gasteiger partial charge in [-0.15, -0.1) is 11.3 Å². The zero-order valence-electron chi connectivity index (χ0n) is 14.2. The molecule has 0 atom stereocenters. The number of aryl methyl sites for hydroxylation is 1. The lowest BCUT2D eigenvalue weighted by Gasteiger charge is -2.11. The van der Waals surface area contributed by atoms with Gasteiger partial charge in [-0.1, -0.05) is 6.07 Å². The summed E-state index contributed by atoms with van der Waals surface area (Å²) in [6, 6.07) is 5.37.